The van der Waals surface area contributed by atoms with Crippen molar-refractivity contribution in [2.75, 3.05) is 38.7 Å². The molecule has 2 aromatic heterocycles. The SMILES string of the molecule is COc1ccc(C2CCN(C3COC3)CC2)cc1Nc1ncc(-c2ccc(C#N)c(O[C@@H](C)SCn3cnnn3)c2)cn1. The molecule has 0 amide bonds. The van der Waals surface area contributed by atoms with Crippen LogP contribution in [0.25, 0.3) is 11.1 Å². The summed E-state index contributed by atoms with van der Waals surface area (Å²) in [6.07, 6.45) is 7.31. The van der Waals surface area contributed by atoms with Gasteiger partial charge in [0.25, 0.3) is 0 Å². The van der Waals surface area contributed by atoms with E-state index in [4.69, 9.17) is 14.2 Å². The molecule has 1 N–H and O–H groups in total. The topological polar surface area (TPSA) is 136 Å². The van der Waals surface area contributed by atoms with E-state index < -0.39 is 0 Å². The van der Waals surface area contributed by atoms with Crippen molar-refractivity contribution < 1.29 is 14.2 Å². The highest BCUT2D eigenvalue weighted by atomic mass is 32.2. The van der Waals surface area contributed by atoms with Gasteiger partial charge < -0.3 is 19.5 Å². The Bertz CT molecular complexity index is 1550. The molecular weight excluding hydrogens is 566 g/mol. The monoisotopic (exact) mass is 599 g/mol. The van der Waals surface area contributed by atoms with E-state index in [9.17, 15) is 5.26 Å². The van der Waals surface area contributed by atoms with Crippen LogP contribution >= 0.6 is 11.8 Å². The minimum Gasteiger partial charge on any atom is -0.495 e. The fourth-order valence-electron chi connectivity index (χ4n) is 5.30. The van der Waals surface area contributed by atoms with Crippen molar-refractivity contribution in [1.29, 1.82) is 5.26 Å². The predicted molar refractivity (Wildman–Crippen MR) is 162 cm³/mol. The number of nitrogens with one attached hydrogen (secondary N) is 1. The Morgan fingerprint density at radius 2 is 1.91 bits per heavy atom. The van der Waals surface area contributed by atoms with Gasteiger partial charge in [-0.2, -0.15) is 5.26 Å². The van der Waals surface area contributed by atoms with Crippen LogP contribution in [0.15, 0.2) is 55.1 Å². The van der Waals surface area contributed by atoms with Gasteiger partial charge >= 0.3 is 0 Å². The highest BCUT2D eigenvalue weighted by Crippen LogP contribution is 2.36. The van der Waals surface area contributed by atoms with Gasteiger partial charge in [0.1, 0.15) is 29.3 Å². The molecule has 12 nitrogen and oxygen atoms in total. The molecule has 2 aliphatic rings. The summed E-state index contributed by atoms with van der Waals surface area (Å²) in [5.74, 6) is 2.73. The quantitative estimate of drug-likeness (QED) is 0.244. The van der Waals surface area contributed by atoms with Gasteiger partial charge in [0.05, 0.1) is 43.5 Å². The molecule has 1 atom stereocenters. The van der Waals surface area contributed by atoms with Crippen molar-refractivity contribution in [1.82, 2.24) is 35.1 Å². The average Bonchev–Trinajstić information content (AvgIpc) is 3.54. The van der Waals surface area contributed by atoms with E-state index in [2.05, 4.69) is 53.9 Å². The summed E-state index contributed by atoms with van der Waals surface area (Å²) >= 11 is 1.51. The molecule has 0 unspecified atom stereocenters. The summed E-state index contributed by atoms with van der Waals surface area (Å²) in [5, 5.41) is 24.1. The van der Waals surface area contributed by atoms with Gasteiger partial charge in [-0.05, 0) is 84.6 Å². The number of piperidine rings is 1. The summed E-state index contributed by atoms with van der Waals surface area (Å²) < 4.78 is 18.7. The molecule has 222 valence electrons. The second-order valence-corrected chi connectivity index (χ2v) is 11.8. The molecule has 0 spiro atoms. The lowest BCUT2D eigenvalue weighted by atomic mass is 9.88. The van der Waals surface area contributed by atoms with Crippen LogP contribution in [-0.4, -0.2) is 80.0 Å². The largest absolute Gasteiger partial charge is 0.495 e. The Kier molecular flexibility index (Phi) is 8.97. The van der Waals surface area contributed by atoms with Crippen LogP contribution in [0.2, 0.25) is 0 Å². The Morgan fingerprint density at radius 3 is 2.58 bits per heavy atom. The van der Waals surface area contributed by atoms with Crippen molar-refractivity contribution in [2.45, 2.75) is 43.0 Å². The summed E-state index contributed by atoms with van der Waals surface area (Å²) in [7, 11) is 1.67. The highest BCUT2D eigenvalue weighted by molar-refractivity contribution is 7.98. The third-order valence-electron chi connectivity index (χ3n) is 7.82. The van der Waals surface area contributed by atoms with Crippen LogP contribution < -0.4 is 14.8 Å². The van der Waals surface area contributed by atoms with Crippen molar-refractivity contribution >= 4 is 23.4 Å². The minimum absolute atomic E-state index is 0.231. The number of methoxy groups -OCH3 is 1. The van der Waals surface area contributed by atoms with Crippen LogP contribution in [0, 0.1) is 11.3 Å². The molecule has 2 aromatic carbocycles. The van der Waals surface area contributed by atoms with Gasteiger partial charge in [0.2, 0.25) is 5.95 Å². The maximum Gasteiger partial charge on any atom is 0.227 e. The zero-order valence-electron chi connectivity index (χ0n) is 24.1. The second-order valence-electron chi connectivity index (χ2n) is 10.5. The summed E-state index contributed by atoms with van der Waals surface area (Å²) in [6.45, 7) is 5.84. The van der Waals surface area contributed by atoms with Gasteiger partial charge in [0, 0.05) is 18.0 Å². The number of ether oxygens (including phenoxy) is 3. The molecule has 0 aliphatic carbocycles. The first-order chi connectivity index (χ1) is 21.1. The highest BCUT2D eigenvalue weighted by Gasteiger charge is 2.30. The van der Waals surface area contributed by atoms with E-state index in [0.29, 0.717) is 35.1 Å². The molecule has 2 fully saturated rings. The van der Waals surface area contributed by atoms with Gasteiger partial charge in [-0.15, -0.1) is 5.10 Å². The number of rotatable bonds is 11. The number of hydrogen-bond acceptors (Lipinski definition) is 12. The third-order valence-corrected chi connectivity index (χ3v) is 8.80. The number of hydrogen-bond donors (Lipinski definition) is 1. The van der Waals surface area contributed by atoms with Crippen molar-refractivity contribution in [3.63, 3.8) is 0 Å². The smallest absolute Gasteiger partial charge is 0.227 e. The van der Waals surface area contributed by atoms with Crippen molar-refractivity contribution in [3.05, 3.63) is 66.2 Å². The maximum atomic E-state index is 9.62. The third kappa shape index (κ3) is 6.88. The van der Waals surface area contributed by atoms with Crippen LogP contribution in [0.4, 0.5) is 11.6 Å². The summed E-state index contributed by atoms with van der Waals surface area (Å²) in [5.41, 5.74) is 4.00. The number of aromatic nitrogens is 6. The standard InChI is InChI=1S/C30H33N9O3S/c1-20(43-19-39-18-34-36-37-39)42-29-12-23(3-4-24(29)13-31)25-14-32-30(33-15-25)35-27-11-22(5-6-28(27)40-2)21-7-9-38(10-8-21)26-16-41-17-26/h3-6,11-12,14-15,18,20-21,26H,7-10,16-17,19H2,1-2H3,(H,32,33,35)/t20-/m1/s1. The molecule has 13 heteroatoms. The van der Waals surface area contributed by atoms with E-state index in [1.54, 1.807) is 36.6 Å². The molecule has 4 aromatic rings. The molecule has 6 rings (SSSR count). The normalized spacial score (nSPS) is 16.7. The first kappa shape index (κ1) is 28.9. The minimum atomic E-state index is -0.231. The predicted octanol–water partition coefficient (Wildman–Crippen LogP) is 4.45. The van der Waals surface area contributed by atoms with Gasteiger partial charge in [-0.25, -0.2) is 14.6 Å². The Hall–Kier alpha value is -4.25. The second kappa shape index (κ2) is 13.4. The van der Waals surface area contributed by atoms with E-state index in [-0.39, 0.29) is 5.44 Å². The van der Waals surface area contributed by atoms with Crippen LogP contribution in [-0.2, 0) is 10.6 Å². The van der Waals surface area contributed by atoms with E-state index in [1.807, 2.05) is 25.1 Å². The number of anilines is 2. The van der Waals surface area contributed by atoms with Crippen molar-refractivity contribution in [3.8, 4) is 28.7 Å². The number of thioether (sulfide) groups is 1. The Morgan fingerprint density at radius 1 is 1.09 bits per heavy atom. The number of likely N-dealkylation sites (tertiary alicyclic amines) is 1. The van der Waals surface area contributed by atoms with Crippen LogP contribution in [0.3, 0.4) is 0 Å². The fraction of sp³-hybridized carbons (Fsp3) is 0.400. The van der Waals surface area contributed by atoms with Crippen LogP contribution in [0.5, 0.6) is 11.5 Å². The maximum absolute atomic E-state index is 9.62. The van der Waals surface area contributed by atoms with Gasteiger partial charge in [-0.1, -0.05) is 23.9 Å². The molecule has 0 saturated carbocycles. The zero-order chi connectivity index (χ0) is 29.6. The molecule has 4 heterocycles. The van der Waals surface area contributed by atoms with Crippen LogP contribution in [0.1, 0.15) is 36.8 Å². The number of tetrazole rings is 1. The Labute approximate surface area is 254 Å². The van der Waals surface area contributed by atoms with Gasteiger partial charge in [0.15, 0.2) is 0 Å². The molecule has 0 bridgehead atoms. The molecule has 2 aliphatic heterocycles. The number of nitrogens with zero attached hydrogens (tertiary/aromatic N) is 8. The average molecular weight is 600 g/mol. The molecule has 0 radical (unpaired) electrons. The summed E-state index contributed by atoms with van der Waals surface area (Å²) in [4.78, 5) is 11.7. The van der Waals surface area contributed by atoms with Gasteiger partial charge in [-0.3, -0.25) is 4.90 Å². The zero-order valence-corrected chi connectivity index (χ0v) is 24.9. The lowest BCUT2D eigenvalue weighted by molar-refractivity contribution is -0.0712. The number of nitriles is 1. The number of benzene rings is 2. The van der Waals surface area contributed by atoms with E-state index in [0.717, 1.165) is 61.7 Å². The molecule has 2 saturated heterocycles. The lowest BCUT2D eigenvalue weighted by Gasteiger charge is -2.41. The molecular formula is C30H33N9O3S. The first-order valence-corrected chi connectivity index (χ1v) is 15.3. The fourth-order valence-corrected chi connectivity index (χ4v) is 5.95. The first-order valence-electron chi connectivity index (χ1n) is 14.2. The van der Waals surface area contributed by atoms with E-state index in [1.165, 1.54) is 17.3 Å². The summed E-state index contributed by atoms with van der Waals surface area (Å²) in [6, 6.07) is 14.6. The van der Waals surface area contributed by atoms with E-state index >= 15 is 0 Å². The lowest BCUT2D eigenvalue weighted by Crippen LogP contribution is -2.51. The van der Waals surface area contributed by atoms with Crippen molar-refractivity contribution in [2.24, 2.45) is 0 Å². The molecule has 43 heavy (non-hydrogen) atoms. The Balaban J connectivity index is 1.12.